The Morgan fingerprint density at radius 3 is 1.88 bits per heavy atom. The van der Waals surface area contributed by atoms with Gasteiger partial charge in [-0.1, -0.05) is 143 Å². The van der Waals surface area contributed by atoms with Crippen LogP contribution >= 0.6 is 0 Å². The molecule has 3 nitrogen and oxygen atoms in total. The fraction of sp³-hybridized carbons (Fsp3) is 0.385. The molecule has 1 atom stereocenters. The average Bonchev–Trinajstić information content (AvgIpc) is 3.05. The minimum absolute atomic E-state index is 0.221. The first-order valence-electron chi connectivity index (χ1n) is 16.0. The quantitative estimate of drug-likeness (QED) is 0.0885. The summed E-state index contributed by atoms with van der Waals surface area (Å²) in [5.74, 6) is 1.18. The molecule has 0 unspecified atom stereocenters. The van der Waals surface area contributed by atoms with Crippen LogP contribution in [0.15, 0.2) is 109 Å². The highest BCUT2D eigenvalue weighted by Gasteiger charge is 2.27. The van der Waals surface area contributed by atoms with Gasteiger partial charge in [0, 0.05) is 22.6 Å². The monoisotopic (exact) mass is 564 g/mol. The maximum absolute atomic E-state index is 6.59. The standard InChI is InChI=1S/C39H50NO2/c1-4-6-26-40(27-7-5-2,32-34-18-11-8-12-19-34)28-29-41-30-31-42-39-37(33(3)35-20-13-9-14-21-35)24-17-25-38(39)36-22-15-10-16-23-36/h8-25,33H,4-7,26-32H2,1-3H3/q+1/t33-/m1/s1. The Morgan fingerprint density at radius 1 is 0.619 bits per heavy atom. The van der Waals surface area contributed by atoms with Crippen LogP contribution < -0.4 is 4.74 Å². The van der Waals surface area contributed by atoms with Gasteiger partial charge in [0.05, 0.1) is 26.3 Å². The normalized spacial score (nSPS) is 12.3. The Hall–Kier alpha value is -3.40. The zero-order valence-electron chi connectivity index (χ0n) is 26.0. The van der Waals surface area contributed by atoms with Crippen LogP contribution in [0.1, 0.15) is 69.1 Å². The Kier molecular flexibility index (Phi) is 12.7. The summed E-state index contributed by atoms with van der Waals surface area (Å²) < 4.78 is 14.0. The lowest BCUT2D eigenvalue weighted by Gasteiger charge is -2.39. The van der Waals surface area contributed by atoms with Crippen molar-refractivity contribution in [2.24, 2.45) is 0 Å². The average molecular weight is 565 g/mol. The zero-order chi connectivity index (χ0) is 29.5. The lowest BCUT2D eigenvalue weighted by molar-refractivity contribution is -0.941. The first-order chi connectivity index (χ1) is 20.7. The molecule has 0 saturated carbocycles. The SMILES string of the molecule is CCCC[N+](CCCC)(CCOCCOc1c(-c2ccccc2)cccc1[C@H](C)c1ccccc1)Cc1ccccc1. The number of benzene rings is 4. The Labute approximate surface area is 254 Å². The molecule has 0 saturated heterocycles. The molecule has 0 aliphatic carbocycles. The van der Waals surface area contributed by atoms with Crippen molar-refractivity contribution in [3.8, 4) is 16.9 Å². The predicted octanol–water partition coefficient (Wildman–Crippen LogP) is 9.52. The molecule has 0 radical (unpaired) electrons. The molecule has 4 aromatic carbocycles. The van der Waals surface area contributed by atoms with Crippen molar-refractivity contribution in [3.63, 3.8) is 0 Å². The van der Waals surface area contributed by atoms with E-state index in [2.05, 4.69) is 130 Å². The van der Waals surface area contributed by atoms with E-state index in [1.165, 1.54) is 61.0 Å². The topological polar surface area (TPSA) is 18.5 Å². The van der Waals surface area contributed by atoms with Crippen LogP contribution in [0.25, 0.3) is 11.1 Å². The largest absolute Gasteiger partial charge is 0.490 e. The molecule has 42 heavy (non-hydrogen) atoms. The van der Waals surface area contributed by atoms with E-state index in [0.717, 1.165) is 35.5 Å². The van der Waals surface area contributed by atoms with Crippen LogP contribution in [0.5, 0.6) is 5.75 Å². The molecule has 3 heteroatoms. The van der Waals surface area contributed by atoms with E-state index in [1.54, 1.807) is 0 Å². The minimum Gasteiger partial charge on any atom is -0.490 e. The summed E-state index contributed by atoms with van der Waals surface area (Å²) in [6.45, 7) is 13.2. The van der Waals surface area contributed by atoms with Crippen LogP contribution in [-0.4, -0.2) is 43.9 Å². The van der Waals surface area contributed by atoms with E-state index in [-0.39, 0.29) is 5.92 Å². The highest BCUT2D eigenvalue weighted by atomic mass is 16.5. The smallest absolute Gasteiger partial charge is 0.131 e. The molecule has 0 N–H and O–H groups in total. The molecule has 0 amide bonds. The fourth-order valence-corrected chi connectivity index (χ4v) is 5.92. The van der Waals surface area contributed by atoms with Gasteiger partial charge >= 0.3 is 0 Å². The summed E-state index contributed by atoms with van der Waals surface area (Å²) >= 11 is 0. The molecule has 0 fully saturated rings. The number of rotatable bonds is 18. The maximum Gasteiger partial charge on any atom is 0.131 e. The van der Waals surface area contributed by atoms with Gasteiger partial charge in [-0.05, 0) is 24.0 Å². The van der Waals surface area contributed by atoms with E-state index in [0.29, 0.717) is 13.2 Å². The van der Waals surface area contributed by atoms with Gasteiger partial charge in [-0.3, -0.25) is 0 Å². The first kappa shape index (κ1) is 31.5. The van der Waals surface area contributed by atoms with Crippen molar-refractivity contribution in [3.05, 3.63) is 126 Å². The van der Waals surface area contributed by atoms with Gasteiger partial charge in [0.2, 0.25) is 0 Å². The van der Waals surface area contributed by atoms with Gasteiger partial charge in [0.25, 0.3) is 0 Å². The van der Waals surface area contributed by atoms with Gasteiger partial charge in [-0.2, -0.15) is 0 Å². The molecule has 0 aromatic heterocycles. The summed E-state index contributed by atoms with van der Waals surface area (Å²) in [6.07, 6.45) is 4.94. The maximum atomic E-state index is 6.59. The number of para-hydroxylation sites is 1. The van der Waals surface area contributed by atoms with Gasteiger partial charge in [-0.15, -0.1) is 0 Å². The highest BCUT2D eigenvalue weighted by molar-refractivity contribution is 5.73. The van der Waals surface area contributed by atoms with Crippen LogP contribution in [0, 0.1) is 0 Å². The van der Waals surface area contributed by atoms with Crippen molar-refractivity contribution >= 4 is 0 Å². The molecule has 4 aromatic rings. The summed E-state index contributed by atoms with van der Waals surface area (Å²) in [5.41, 5.74) is 6.22. The number of hydrogen-bond acceptors (Lipinski definition) is 2. The summed E-state index contributed by atoms with van der Waals surface area (Å²) in [4.78, 5) is 0. The molecule has 0 heterocycles. The lowest BCUT2D eigenvalue weighted by Crippen LogP contribution is -2.50. The molecular formula is C39H50NO2+. The van der Waals surface area contributed by atoms with Crippen molar-refractivity contribution in [2.45, 2.75) is 58.9 Å². The van der Waals surface area contributed by atoms with Crippen molar-refractivity contribution < 1.29 is 14.0 Å². The molecular weight excluding hydrogens is 514 g/mol. The van der Waals surface area contributed by atoms with Gasteiger partial charge < -0.3 is 14.0 Å². The minimum atomic E-state index is 0.221. The number of nitrogens with zero attached hydrogens (tertiary/aromatic N) is 1. The summed E-state index contributed by atoms with van der Waals surface area (Å²) in [7, 11) is 0. The van der Waals surface area contributed by atoms with Gasteiger partial charge in [0.15, 0.2) is 0 Å². The van der Waals surface area contributed by atoms with Crippen LogP contribution in [0.3, 0.4) is 0 Å². The molecule has 0 aliphatic heterocycles. The molecule has 4 rings (SSSR count). The van der Waals surface area contributed by atoms with Gasteiger partial charge in [0.1, 0.15) is 25.4 Å². The fourth-order valence-electron chi connectivity index (χ4n) is 5.92. The Balaban J connectivity index is 1.43. The number of quaternary nitrogens is 1. The van der Waals surface area contributed by atoms with Crippen LogP contribution in [-0.2, 0) is 11.3 Å². The predicted molar refractivity (Wildman–Crippen MR) is 177 cm³/mol. The lowest BCUT2D eigenvalue weighted by atomic mass is 9.89. The van der Waals surface area contributed by atoms with E-state index in [4.69, 9.17) is 9.47 Å². The van der Waals surface area contributed by atoms with Crippen molar-refractivity contribution in [1.82, 2.24) is 0 Å². The third-order valence-electron chi connectivity index (χ3n) is 8.41. The van der Waals surface area contributed by atoms with Crippen molar-refractivity contribution in [1.29, 1.82) is 0 Å². The second-order valence-corrected chi connectivity index (χ2v) is 11.5. The molecule has 0 spiro atoms. The zero-order valence-corrected chi connectivity index (χ0v) is 26.0. The second-order valence-electron chi connectivity index (χ2n) is 11.5. The van der Waals surface area contributed by atoms with Gasteiger partial charge in [-0.25, -0.2) is 0 Å². The summed E-state index contributed by atoms with van der Waals surface area (Å²) in [5, 5.41) is 0. The molecule has 0 bridgehead atoms. The third kappa shape index (κ3) is 9.05. The van der Waals surface area contributed by atoms with Crippen LogP contribution in [0.2, 0.25) is 0 Å². The van der Waals surface area contributed by atoms with E-state index < -0.39 is 0 Å². The first-order valence-corrected chi connectivity index (χ1v) is 16.0. The van der Waals surface area contributed by atoms with E-state index >= 15 is 0 Å². The third-order valence-corrected chi connectivity index (χ3v) is 8.41. The van der Waals surface area contributed by atoms with E-state index in [9.17, 15) is 0 Å². The van der Waals surface area contributed by atoms with E-state index in [1.807, 2.05) is 0 Å². The number of hydrogen-bond donors (Lipinski definition) is 0. The summed E-state index contributed by atoms with van der Waals surface area (Å²) in [6, 6.07) is 38.8. The Bertz CT molecular complexity index is 1280. The highest BCUT2D eigenvalue weighted by Crippen LogP contribution is 2.39. The Morgan fingerprint density at radius 2 is 1.24 bits per heavy atom. The molecule has 0 aliphatic rings. The van der Waals surface area contributed by atoms with Crippen LogP contribution in [0.4, 0.5) is 0 Å². The molecule has 222 valence electrons. The van der Waals surface area contributed by atoms with Crippen molar-refractivity contribution in [2.75, 3.05) is 39.5 Å². The number of unbranched alkanes of at least 4 members (excludes halogenated alkanes) is 2. The number of ether oxygens (including phenoxy) is 2. The second kappa shape index (κ2) is 16.9.